The number of rotatable bonds is 9. The van der Waals surface area contributed by atoms with Gasteiger partial charge in [0.05, 0.1) is 12.2 Å². The topological polar surface area (TPSA) is 76.4 Å². The molecule has 0 aliphatic rings. The first-order valence-electron chi connectivity index (χ1n) is 10.9. The maximum atomic E-state index is 5.88. The third-order valence-electron chi connectivity index (χ3n) is 5.15. The number of ether oxygens (including phenoxy) is 1. The molecule has 0 saturated carbocycles. The Bertz CT molecular complexity index is 1160. The molecule has 0 spiro atoms. The van der Waals surface area contributed by atoms with E-state index in [9.17, 15) is 0 Å². The Balaban J connectivity index is 1.30. The quantitative estimate of drug-likeness (QED) is 0.306. The van der Waals surface area contributed by atoms with Crippen LogP contribution in [0.5, 0.6) is 5.75 Å². The van der Waals surface area contributed by atoms with Gasteiger partial charge in [-0.25, -0.2) is 0 Å². The highest BCUT2D eigenvalue weighted by Gasteiger charge is 2.05. The van der Waals surface area contributed by atoms with Crippen LogP contribution in [0.4, 0.5) is 0 Å². The lowest BCUT2D eigenvalue weighted by molar-refractivity contribution is 0.301. The number of pyridine rings is 1. The summed E-state index contributed by atoms with van der Waals surface area (Å²) in [4.78, 5) is 8.65. The minimum Gasteiger partial charge on any atom is -0.487 e. The van der Waals surface area contributed by atoms with E-state index in [0.29, 0.717) is 19.7 Å². The standard InChI is InChI=1S/C26H28N6O/c1-27-26(30-18-22-9-2-3-10-23(22)19-32-15-7-14-31-32)29-17-21-8-6-12-25(16-21)33-20-24-11-4-5-13-28-24/h2-16H,17-20H2,1H3,(H2,27,29,30). The number of aromatic nitrogens is 3. The van der Waals surface area contributed by atoms with E-state index in [4.69, 9.17) is 4.74 Å². The summed E-state index contributed by atoms with van der Waals surface area (Å²) in [5.41, 5.74) is 4.44. The van der Waals surface area contributed by atoms with Crippen LogP contribution in [0.15, 0.2) is 96.4 Å². The molecule has 4 aromatic rings. The van der Waals surface area contributed by atoms with Gasteiger partial charge in [0.15, 0.2) is 5.96 Å². The van der Waals surface area contributed by atoms with Crippen LogP contribution in [0.2, 0.25) is 0 Å². The van der Waals surface area contributed by atoms with Crippen LogP contribution >= 0.6 is 0 Å². The second-order valence-corrected chi connectivity index (χ2v) is 7.51. The van der Waals surface area contributed by atoms with Crippen LogP contribution in [0.3, 0.4) is 0 Å². The van der Waals surface area contributed by atoms with E-state index >= 15 is 0 Å². The summed E-state index contributed by atoms with van der Waals surface area (Å²) >= 11 is 0. The minimum atomic E-state index is 0.443. The summed E-state index contributed by atoms with van der Waals surface area (Å²) < 4.78 is 7.81. The van der Waals surface area contributed by atoms with Gasteiger partial charge >= 0.3 is 0 Å². The maximum Gasteiger partial charge on any atom is 0.191 e. The number of guanidine groups is 1. The van der Waals surface area contributed by atoms with Gasteiger partial charge in [0.1, 0.15) is 12.4 Å². The molecule has 0 radical (unpaired) electrons. The van der Waals surface area contributed by atoms with Crippen LogP contribution in [0.25, 0.3) is 0 Å². The first kappa shape index (κ1) is 22.1. The number of benzene rings is 2. The minimum absolute atomic E-state index is 0.443. The van der Waals surface area contributed by atoms with Crippen molar-refractivity contribution in [3.8, 4) is 5.75 Å². The first-order valence-corrected chi connectivity index (χ1v) is 10.9. The maximum absolute atomic E-state index is 5.88. The number of hydrogen-bond acceptors (Lipinski definition) is 4. The molecule has 0 saturated heterocycles. The van der Waals surface area contributed by atoms with Crippen molar-refractivity contribution in [3.05, 3.63) is 114 Å². The Morgan fingerprint density at radius 1 is 0.909 bits per heavy atom. The van der Waals surface area contributed by atoms with Gasteiger partial charge in [-0.3, -0.25) is 14.7 Å². The molecule has 2 aromatic carbocycles. The van der Waals surface area contributed by atoms with E-state index in [0.717, 1.165) is 29.5 Å². The Labute approximate surface area is 194 Å². The van der Waals surface area contributed by atoms with Gasteiger partial charge in [-0.05, 0) is 47.0 Å². The van der Waals surface area contributed by atoms with Gasteiger partial charge < -0.3 is 15.4 Å². The van der Waals surface area contributed by atoms with Crippen molar-refractivity contribution in [2.75, 3.05) is 7.05 Å². The van der Waals surface area contributed by atoms with Crippen LogP contribution in [0, 0.1) is 0 Å². The molecule has 0 aliphatic heterocycles. The monoisotopic (exact) mass is 440 g/mol. The Hall–Kier alpha value is -4.13. The van der Waals surface area contributed by atoms with Crippen molar-refractivity contribution in [1.82, 2.24) is 25.4 Å². The Morgan fingerprint density at radius 3 is 2.55 bits per heavy atom. The zero-order valence-electron chi connectivity index (χ0n) is 18.7. The molecule has 0 bridgehead atoms. The third-order valence-corrected chi connectivity index (χ3v) is 5.15. The highest BCUT2D eigenvalue weighted by atomic mass is 16.5. The summed E-state index contributed by atoms with van der Waals surface area (Å²) in [6.07, 6.45) is 5.54. The molecule has 168 valence electrons. The van der Waals surface area contributed by atoms with Gasteiger partial charge in [-0.15, -0.1) is 0 Å². The SMILES string of the molecule is CN=C(NCc1cccc(OCc2ccccn2)c1)NCc1ccccc1Cn1cccn1. The first-order chi connectivity index (χ1) is 16.3. The summed E-state index contributed by atoms with van der Waals surface area (Å²) in [6.45, 7) is 2.49. The zero-order valence-corrected chi connectivity index (χ0v) is 18.7. The molecule has 0 amide bonds. The predicted octanol–water partition coefficient (Wildman–Crippen LogP) is 3.77. The average molecular weight is 441 g/mol. The van der Waals surface area contributed by atoms with Gasteiger partial charge in [0.2, 0.25) is 0 Å². The fourth-order valence-electron chi connectivity index (χ4n) is 3.42. The lowest BCUT2D eigenvalue weighted by Crippen LogP contribution is -2.36. The van der Waals surface area contributed by atoms with Crippen molar-refractivity contribution in [2.45, 2.75) is 26.2 Å². The lowest BCUT2D eigenvalue weighted by Gasteiger charge is -2.15. The summed E-state index contributed by atoms with van der Waals surface area (Å²) in [5, 5.41) is 11.1. The number of hydrogen-bond donors (Lipinski definition) is 2. The second-order valence-electron chi connectivity index (χ2n) is 7.51. The van der Waals surface area contributed by atoms with Gasteiger partial charge in [0, 0.05) is 38.7 Å². The molecule has 0 atom stereocenters. The lowest BCUT2D eigenvalue weighted by atomic mass is 10.1. The predicted molar refractivity (Wildman–Crippen MR) is 130 cm³/mol. The number of aliphatic imine (C=N–C) groups is 1. The molecular formula is C26H28N6O. The van der Waals surface area contributed by atoms with Crippen molar-refractivity contribution in [1.29, 1.82) is 0 Å². The van der Waals surface area contributed by atoms with Crippen molar-refractivity contribution >= 4 is 5.96 Å². The zero-order chi connectivity index (χ0) is 22.7. The van der Waals surface area contributed by atoms with Crippen LogP contribution < -0.4 is 15.4 Å². The van der Waals surface area contributed by atoms with Crippen molar-refractivity contribution in [2.24, 2.45) is 4.99 Å². The van der Waals surface area contributed by atoms with Crippen molar-refractivity contribution < 1.29 is 4.74 Å². The molecule has 2 aromatic heterocycles. The fraction of sp³-hybridized carbons (Fsp3) is 0.192. The Kier molecular flexibility index (Phi) is 7.68. The largest absolute Gasteiger partial charge is 0.487 e. The van der Waals surface area contributed by atoms with E-state index in [1.165, 1.54) is 11.1 Å². The number of nitrogens with zero attached hydrogens (tertiary/aromatic N) is 4. The normalized spacial score (nSPS) is 11.2. The fourth-order valence-corrected chi connectivity index (χ4v) is 3.42. The second kappa shape index (κ2) is 11.5. The molecule has 0 unspecified atom stereocenters. The molecule has 7 nitrogen and oxygen atoms in total. The molecule has 2 N–H and O–H groups in total. The molecule has 0 aliphatic carbocycles. The average Bonchev–Trinajstić information content (AvgIpc) is 3.38. The van der Waals surface area contributed by atoms with E-state index in [-0.39, 0.29) is 0 Å². The van der Waals surface area contributed by atoms with E-state index < -0.39 is 0 Å². The summed E-state index contributed by atoms with van der Waals surface area (Å²) in [6, 6.07) is 24.1. The van der Waals surface area contributed by atoms with Gasteiger partial charge in [0.25, 0.3) is 0 Å². The summed E-state index contributed by atoms with van der Waals surface area (Å²) in [5.74, 6) is 1.55. The molecule has 7 heteroatoms. The van der Waals surface area contributed by atoms with E-state index in [2.05, 4.69) is 56.0 Å². The van der Waals surface area contributed by atoms with E-state index in [1.807, 2.05) is 53.3 Å². The Morgan fingerprint density at radius 2 is 1.76 bits per heavy atom. The molecule has 33 heavy (non-hydrogen) atoms. The number of nitrogens with one attached hydrogen (secondary N) is 2. The molecule has 0 fully saturated rings. The van der Waals surface area contributed by atoms with Crippen LogP contribution in [0.1, 0.15) is 22.4 Å². The van der Waals surface area contributed by atoms with Gasteiger partial charge in [-0.2, -0.15) is 5.10 Å². The third kappa shape index (κ3) is 6.67. The highest BCUT2D eigenvalue weighted by molar-refractivity contribution is 5.79. The van der Waals surface area contributed by atoms with Crippen molar-refractivity contribution in [3.63, 3.8) is 0 Å². The summed E-state index contributed by atoms with van der Waals surface area (Å²) in [7, 11) is 1.78. The molecule has 4 rings (SSSR count). The molecule has 2 heterocycles. The van der Waals surface area contributed by atoms with Crippen LogP contribution in [-0.4, -0.2) is 27.8 Å². The van der Waals surface area contributed by atoms with E-state index in [1.54, 1.807) is 19.4 Å². The van der Waals surface area contributed by atoms with Gasteiger partial charge in [-0.1, -0.05) is 42.5 Å². The van der Waals surface area contributed by atoms with Crippen LogP contribution in [-0.2, 0) is 26.2 Å². The molecular weight excluding hydrogens is 412 g/mol. The highest BCUT2D eigenvalue weighted by Crippen LogP contribution is 2.15. The smallest absolute Gasteiger partial charge is 0.191 e.